The van der Waals surface area contributed by atoms with Gasteiger partial charge in [-0.2, -0.15) is 0 Å². The minimum absolute atomic E-state index is 0.167. The molecule has 104 valence electrons. The summed E-state index contributed by atoms with van der Waals surface area (Å²) in [6, 6.07) is 15.1. The van der Waals surface area contributed by atoms with Gasteiger partial charge in [-0.3, -0.25) is 4.90 Å². The predicted molar refractivity (Wildman–Crippen MR) is 77.2 cm³/mol. The predicted octanol–water partition coefficient (Wildman–Crippen LogP) is 3.78. The molecule has 0 aliphatic carbocycles. The third-order valence-corrected chi connectivity index (χ3v) is 3.86. The van der Waals surface area contributed by atoms with Gasteiger partial charge >= 0.3 is 0 Å². The zero-order chi connectivity index (χ0) is 13.9. The summed E-state index contributed by atoms with van der Waals surface area (Å²) >= 11 is 0. The molecule has 2 aromatic rings. The van der Waals surface area contributed by atoms with Crippen LogP contribution in [0.25, 0.3) is 0 Å². The van der Waals surface area contributed by atoms with Gasteiger partial charge in [-0.05, 0) is 30.7 Å². The summed E-state index contributed by atoms with van der Waals surface area (Å²) in [6.07, 6.45) is 0. The highest BCUT2D eigenvalue weighted by Crippen LogP contribution is 2.28. The van der Waals surface area contributed by atoms with Crippen LogP contribution in [-0.2, 0) is 6.54 Å². The van der Waals surface area contributed by atoms with Crippen LogP contribution in [0.1, 0.15) is 24.1 Å². The van der Waals surface area contributed by atoms with E-state index in [-0.39, 0.29) is 11.9 Å². The first-order valence-corrected chi connectivity index (χ1v) is 6.94. The molecule has 0 fully saturated rings. The lowest BCUT2D eigenvalue weighted by Crippen LogP contribution is -2.28. The monoisotopic (exact) mass is 271 g/mol. The van der Waals surface area contributed by atoms with E-state index < -0.39 is 0 Å². The maximum Gasteiger partial charge on any atom is 0.123 e. The summed E-state index contributed by atoms with van der Waals surface area (Å²) in [6.45, 7) is 4.44. The average molecular weight is 271 g/mol. The maximum atomic E-state index is 13.4. The standard InChI is InChI=1S/C17H18FNO/c1-13(14-6-4-7-16(18)11-14)19-9-10-20-17-8-3-2-5-15(17)12-19/h2-8,11,13H,9-10,12H2,1H3. The molecular formula is C17H18FNO. The fourth-order valence-electron chi connectivity index (χ4n) is 2.65. The van der Waals surface area contributed by atoms with Crippen LogP contribution >= 0.6 is 0 Å². The van der Waals surface area contributed by atoms with Gasteiger partial charge in [0.15, 0.2) is 0 Å². The quantitative estimate of drug-likeness (QED) is 0.824. The smallest absolute Gasteiger partial charge is 0.123 e. The zero-order valence-electron chi connectivity index (χ0n) is 11.6. The molecule has 0 amide bonds. The molecule has 2 aromatic carbocycles. The van der Waals surface area contributed by atoms with Crippen LogP contribution in [-0.4, -0.2) is 18.1 Å². The fourth-order valence-corrected chi connectivity index (χ4v) is 2.65. The largest absolute Gasteiger partial charge is 0.492 e. The number of hydrogen-bond acceptors (Lipinski definition) is 2. The van der Waals surface area contributed by atoms with E-state index >= 15 is 0 Å². The molecule has 0 aromatic heterocycles. The van der Waals surface area contributed by atoms with Crippen molar-refractivity contribution in [1.29, 1.82) is 0 Å². The molecule has 3 heteroatoms. The number of ether oxygens (including phenoxy) is 1. The Balaban J connectivity index is 1.84. The molecule has 0 radical (unpaired) electrons. The van der Waals surface area contributed by atoms with Crippen molar-refractivity contribution in [2.24, 2.45) is 0 Å². The Morgan fingerprint density at radius 2 is 2.00 bits per heavy atom. The lowest BCUT2D eigenvalue weighted by Gasteiger charge is -2.27. The van der Waals surface area contributed by atoms with Gasteiger partial charge in [0.05, 0.1) is 0 Å². The topological polar surface area (TPSA) is 12.5 Å². The molecule has 1 aliphatic heterocycles. The third-order valence-electron chi connectivity index (χ3n) is 3.86. The van der Waals surface area contributed by atoms with Crippen LogP contribution in [0.15, 0.2) is 48.5 Å². The normalized spacial score (nSPS) is 16.9. The van der Waals surface area contributed by atoms with Gasteiger partial charge in [0.2, 0.25) is 0 Å². The van der Waals surface area contributed by atoms with E-state index in [2.05, 4.69) is 17.9 Å². The lowest BCUT2D eigenvalue weighted by atomic mass is 10.1. The van der Waals surface area contributed by atoms with Crippen molar-refractivity contribution in [3.8, 4) is 5.75 Å². The van der Waals surface area contributed by atoms with Crippen LogP contribution in [0.4, 0.5) is 4.39 Å². The van der Waals surface area contributed by atoms with Crippen molar-refractivity contribution in [1.82, 2.24) is 4.90 Å². The van der Waals surface area contributed by atoms with Gasteiger partial charge in [-0.15, -0.1) is 0 Å². The minimum Gasteiger partial charge on any atom is -0.492 e. The van der Waals surface area contributed by atoms with Gasteiger partial charge in [-0.25, -0.2) is 4.39 Å². The Labute approximate surface area is 118 Å². The average Bonchev–Trinajstić information content (AvgIpc) is 2.68. The van der Waals surface area contributed by atoms with Gasteiger partial charge in [0.25, 0.3) is 0 Å². The molecule has 0 bridgehead atoms. The number of halogens is 1. The van der Waals surface area contributed by atoms with E-state index in [1.54, 1.807) is 12.1 Å². The molecule has 20 heavy (non-hydrogen) atoms. The molecule has 1 aliphatic rings. The molecule has 1 atom stereocenters. The number of para-hydroxylation sites is 1. The minimum atomic E-state index is -0.180. The molecule has 2 nitrogen and oxygen atoms in total. The van der Waals surface area contributed by atoms with E-state index in [0.29, 0.717) is 6.61 Å². The fraction of sp³-hybridized carbons (Fsp3) is 0.294. The number of nitrogens with zero attached hydrogens (tertiary/aromatic N) is 1. The van der Waals surface area contributed by atoms with Crippen LogP contribution in [0.3, 0.4) is 0 Å². The molecule has 1 unspecified atom stereocenters. The second-order valence-corrected chi connectivity index (χ2v) is 5.16. The van der Waals surface area contributed by atoms with Gasteiger partial charge < -0.3 is 4.74 Å². The number of benzene rings is 2. The molecule has 0 spiro atoms. The Morgan fingerprint density at radius 1 is 1.15 bits per heavy atom. The zero-order valence-corrected chi connectivity index (χ0v) is 11.6. The Kier molecular flexibility index (Phi) is 3.70. The van der Waals surface area contributed by atoms with Crippen LogP contribution in [0, 0.1) is 5.82 Å². The molecule has 0 saturated heterocycles. The second-order valence-electron chi connectivity index (χ2n) is 5.16. The van der Waals surface area contributed by atoms with Crippen LogP contribution < -0.4 is 4.74 Å². The first-order chi connectivity index (χ1) is 9.74. The first kappa shape index (κ1) is 13.1. The van der Waals surface area contributed by atoms with Crippen molar-refractivity contribution < 1.29 is 9.13 Å². The highest BCUT2D eigenvalue weighted by molar-refractivity contribution is 5.34. The van der Waals surface area contributed by atoms with Crippen molar-refractivity contribution in [2.45, 2.75) is 19.5 Å². The van der Waals surface area contributed by atoms with Crippen molar-refractivity contribution in [3.05, 3.63) is 65.5 Å². The molecule has 3 rings (SSSR count). The number of fused-ring (bicyclic) bond motifs is 1. The Bertz CT molecular complexity index is 599. The van der Waals surface area contributed by atoms with Gasteiger partial charge in [0.1, 0.15) is 18.2 Å². The third kappa shape index (κ3) is 2.68. The van der Waals surface area contributed by atoms with E-state index in [0.717, 1.165) is 24.4 Å². The molecular weight excluding hydrogens is 253 g/mol. The Morgan fingerprint density at radius 3 is 2.85 bits per heavy atom. The highest BCUT2D eigenvalue weighted by atomic mass is 19.1. The van der Waals surface area contributed by atoms with Crippen molar-refractivity contribution in [2.75, 3.05) is 13.2 Å². The summed E-state index contributed by atoms with van der Waals surface area (Å²) in [5.41, 5.74) is 2.19. The van der Waals surface area contributed by atoms with Crippen molar-refractivity contribution >= 4 is 0 Å². The highest BCUT2D eigenvalue weighted by Gasteiger charge is 2.20. The van der Waals surface area contributed by atoms with Gasteiger partial charge in [-0.1, -0.05) is 30.3 Å². The van der Waals surface area contributed by atoms with Crippen LogP contribution in [0.5, 0.6) is 5.75 Å². The van der Waals surface area contributed by atoms with Gasteiger partial charge in [0, 0.05) is 24.7 Å². The van der Waals surface area contributed by atoms with E-state index in [9.17, 15) is 4.39 Å². The summed E-state index contributed by atoms with van der Waals surface area (Å²) in [5, 5.41) is 0. The first-order valence-electron chi connectivity index (χ1n) is 6.94. The Hall–Kier alpha value is -1.87. The lowest BCUT2D eigenvalue weighted by molar-refractivity contribution is 0.179. The summed E-state index contributed by atoms with van der Waals surface area (Å²) < 4.78 is 19.1. The maximum absolute atomic E-state index is 13.4. The summed E-state index contributed by atoms with van der Waals surface area (Å²) in [5.74, 6) is 0.780. The van der Waals surface area contributed by atoms with E-state index in [1.165, 1.54) is 11.6 Å². The molecule has 0 saturated carbocycles. The number of rotatable bonds is 2. The van der Waals surface area contributed by atoms with E-state index in [1.807, 2.05) is 24.3 Å². The summed E-state index contributed by atoms with van der Waals surface area (Å²) in [7, 11) is 0. The number of hydrogen-bond donors (Lipinski definition) is 0. The van der Waals surface area contributed by atoms with E-state index in [4.69, 9.17) is 4.74 Å². The van der Waals surface area contributed by atoms with Crippen LogP contribution in [0.2, 0.25) is 0 Å². The molecule has 0 N–H and O–H groups in total. The SMILES string of the molecule is CC(c1cccc(F)c1)N1CCOc2ccccc2C1. The second kappa shape index (κ2) is 5.63. The van der Waals surface area contributed by atoms with Crippen molar-refractivity contribution in [3.63, 3.8) is 0 Å². The summed E-state index contributed by atoms with van der Waals surface area (Å²) in [4.78, 5) is 2.32. The molecule has 1 heterocycles.